The summed E-state index contributed by atoms with van der Waals surface area (Å²) in [6.45, 7) is 5.39. The molecule has 24 heavy (non-hydrogen) atoms. The van der Waals surface area contributed by atoms with Gasteiger partial charge in [0.25, 0.3) is 5.91 Å². The first-order chi connectivity index (χ1) is 11.3. The van der Waals surface area contributed by atoms with Crippen molar-refractivity contribution < 1.29 is 23.9 Å². The van der Waals surface area contributed by atoms with E-state index in [1.54, 1.807) is 20.8 Å². The Hall–Kier alpha value is -2.63. The van der Waals surface area contributed by atoms with E-state index >= 15 is 0 Å². The van der Waals surface area contributed by atoms with Gasteiger partial charge in [-0.15, -0.1) is 0 Å². The quantitative estimate of drug-likeness (QED) is 0.629. The Morgan fingerprint density at radius 2 is 1.83 bits per heavy atom. The van der Waals surface area contributed by atoms with E-state index in [1.165, 1.54) is 6.08 Å². The Bertz CT molecular complexity index is 658. The van der Waals surface area contributed by atoms with E-state index in [9.17, 15) is 14.4 Å². The van der Waals surface area contributed by atoms with Gasteiger partial charge in [0.15, 0.2) is 0 Å². The van der Waals surface area contributed by atoms with Crippen LogP contribution < -0.4 is 0 Å². The SMILES string of the molecule is CC(C)(C)OC(=O)N1CCC=C(C(=O)OCc2ccccc2)C1=O. The normalized spacial score (nSPS) is 14.9. The van der Waals surface area contributed by atoms with Crippen molar-refractivity contribution in [2.45, 2.75) is 39.4 Å². The van der Waals surface area contributed by atoms with Crippen LogP contribution in [-0.4, -0.2) is 35.0 Å². The van der Waals surface area contributed by atoms with Crippen LogP contribution in [0.25, 0.3) is 0 Å². The summed E-state index contributed by atoms with van der Waals surface area (Å²) in [6, 6.07) is 9.16. The van der Waals surface area contributed by atoms with E-state index < -0.39 is 23.6 Å². The summed E-state index contributed by atoms with van der Waals surface area (Å²) in [5.41, 5.74) is -0.0336. The maximum atomic E-state index is 12.4. The Morgan fingerprint density at radius 3 is 2.46 bits per heavy atom. The number of esters is 1. The molecule has 0 aliphatic carbocycles. The number of benzene rings is 1. The molecule has 2 amide bonds. The van der Waals surface area contributed by atoms with Gasteiger partial charge in [-0.2, -0.15) is 0 Å². The predicted molar refractivity (Wildman–Crippen MR) is 86.9 cm³/mol. The average Bonchev–Trinajstić information content (AvgIpc) is 2.52. The fourth-order valence-electron chi connectivity index (χ4n) is 2.13. The van der Waals surface area contributed by atoms with Gasteiger partial charge in [0.05, 0.1) is 0 Å². The second-order valence-corrected chi connectivity index (χ2v) is 6.41. The first-order valence-electron chi connectivity index (χ1n) is 7.74. The van der Waals surface area contributed by atoms with Gasteiger partial charge in [-0.05, 0) is 32.8 Å². The molecule has 1 aliphatic rings. The summed E-state index contributed by atoms with van der Waals surface area (Å²) >= 11 is 0. The molecule has 0 unspecified atom stereocenters. The molecule has 6 heteroatoms. The number of ether oxygens (including phenoxy) is 2. The molecule has 1 aromatic carbocycles. The lowest BCUT2D eigenvalue weighted by atomic mass is 10.1. The van der Waals surface area contributed by atoms with Crippen molar-refractivity contribution in [1.29, 1.82) is 0 Å². The summed E-state index contributed by atoms with van der Waals surface area (Å²) in [6.07, 6.45) is 1.13. The Labute approximate surface area is 141 Å². The van der Waals surface area contributed by atoms with Crippen LogP contribution in [0.3, 0.4) is 0 Å². The summed E-state index contributed by atoms with van der Waals surface area (Å²) in [7, 11) is 0. The minimum Gasteiger partial charge on any atom is -0.457 e. The van der Waals surface area contributed by atoms with Gasteiger partial charge < -0.3 is 9.47 Å². The zero-order chi connectivity index (χ0) is 17.7. The second-order valence-electron chi connectivity index (χ2n) is 6.41. The number of hydrogen-bond donors (Lipinski definition) is 0. The standard InChI is InChI=1S/C18H21NO5/c1-18(2,3)24-17(22)19-11-7-10-14(15(19)20)16(21)23-12-13-8-5-4-6-9-13/h4-6,8-10H,7,11-12H2,1-3H3. The Kier molecular flexibility index (Phi) is 5.39. The third-order valence-electron chi connectivity index (χ3n) is 3.22. The molecular weight excluding hydrogens is 310 g/mol. The molecule has 6 nitrogen and oxygen atoms in total. The van der Waals surface area contributed by atoms with E-state index in [0.29, 0.717) is 6.42 Å². The van der Waals surface area contributed by atoms with Crippen LogP contribution in [0, 0.1) is 0 Å². The maximum absolute atomic E-state index is 12.4. The minimum atomic E-state index is -0.756. The molecule has 0 saturated heterocycles. The van der Waals surface area contributed by atoms with Gasteiger partial charge in [-0.1, -0.05) is 36.4 Å². The predicted octanol–water partition coefficient (Wildman–Crippen LogP) is 2.82. The Morgan fingerprint density at radius 1 is 1.17 bits per heavy atom. The van der Waals surface area contributed by atoms with Crippen LogP contribution in [0.5, 0.6) is 0 Å². The van der Waals surface area contributed by atoms with Gasteiger partial charge in [0, 0.05) is 6.54 Å². The summed E-state index contributed by atoms with van der Waals surface area (Å²) in [5.74, 6) is -1.43. The first kappa shape index (κ1) is 17.7. The van der Waals surface area contributed by atoms with Crippen molar-refractivity contribution >= 4 is 18.0 Å². The third kappa shape index (κ3) is 4.68. The van der Waals surface area contributed by atoms with Crippen molar-refractivity contribution in [2.24, 2.45) is 0 Å². The van der Waals surface area contributed by atoms with E-state index in [1.807, 2.05) is 30.3 Å². The highest BCUT2D eigenvalue weighted by molar-refractivity contribution is 6.19. The average molecular weight is 331 g/mol. The molecule has 0 aromatic heterocycles. The lowest BCUT2D eigenvalue weighted by molar-refractivity contribution is -0.143. The van der Waals surface area contributed by atoms with Gasteiger partial charge in [0.1, 0.15) is 17.8 Å². The lowest BCUT2D eigenvalue weighted by Gasteiger charge is -2.28. The third-order valence-corrected chi connectivity index (χ3v) is 3.22. The highest BCUT2D eigenvalue weighted by Crippen LogP contribution is 2.18. The largest absolute Gasteiger partial charge is 0.457 e. The Balaban J connectivity index is 2.00. The lowest BCUT2D eigenvalue weighted by Crippen LogP contribution is -2.45. The van der Waals surface area contributed by atoms with Gasteiger partial charge in [-0.3, -0.25) is 4.79 Å². The van der Waals surface area contributed by atoms with Gasteiger partial charge >= 0.3 is 12.1 Å². The molecule has 1 heterocycles. The topological polar surface area (TPSA) is 72.9 Å². The zero-order valence-corrected chi connectivity index (χ0v) is 14.1. The zero-order valence-electron chi connectivity index (χ0n) is 14.1. The molecule has 2 rings (SSSR count). The van der Waals surface area contributed by atoms with E-state index in [2.05, 4.69) is 0 Å². The molecule has 1 aromatic rings. The number of amides is 2. The number of carbonyl (C=O) groups is 3. The van der Waals surface area contributed by atoms with Gasteiger partial charge in [0.2, 0.25) is 0 Å². The highest BCUT2D eigenvalue weighted by atomic mass is 16.6. The molecule has 128 valence electrons. The van der Waals surface area contributed by atoms with Crippen LogP contribution in [0.15, 0.2) is 42.0 Å². The van der Waals surface area contributed by atoms with Crippen LogP contribution >= 0.6 is 0 Å². The fraction of sp³-hybridized carbons (Fsp3) is 0.389. The van der Waals surface area contributed by atoms with Crippen LogP contribution in [-0.2, 0) is 25.7 Å². The smallest absolute Gasteiger partial charge is 0.417 e. The van der Waals surface area contributed by atoms with Crippen molar-refractivity contribution in [3.05, 3.63) is 47.5 Å². The molecule has 0 spiro atoms. The first-order valence-corrected chi connectivity index (χ1v) is 7.74. The number of imide groups is 1. The molecular formula is C18H21NO5. The monoisotopic (exact) mass is 331 g/mol. The van der Waals surface area contributed by atoms with E-state index in [0.717, 1.165) is 10.5 Å². The second kappa shape index (κ2) is 7.29. The van der Waals surface area contributed by atoms with Gasteiger partial charge in [-0.25, -0.2) is 14.5 Å². The molecule has 0 N–H and O–H groups in total. The summed E-state index contributed by atoms with van der Waals surface area (Å²) in [5, 5.41) is 0. The maximum Gasteiger partial charge on any atom is 0.417 e. The number of rotatable bonds is 3. The molecule has 0 radical (unpaired) electrons. The van der Waals surface area contributed by atoms with Crippen LogP contribution in [0.4, 0.5) is 4.79 Å². The fourth-order valence-corrected chi connectivity index (χ4v) is 2.13. The molecule has 0 fully saturated rings. The van der Waals surface area contributed by atoms with E-state index in [4.69, 9.17) is 9.47 Å². The molecule has 1 aliphatic heterocycles. The summed E-state index contributed by atoms with van der Waals surface area (Å²) < 4.78 is 10.4. The van der Waals surface area contributed by atoms with Crippen molar-refractivity contribution in [3.63, 3.8) is 0 Å². The number of nitrogens with zero attached hydrogens (tertiary/aromatic N) is 1. The van der Waals surface area contributed by atoms with Crippen LogP contribution in [0.2, 0.25) is 0 Å². The molecule has 0 bridgehead atoms. The molecule has 0 atom stereocenters. The number of carbonyl (C=O) groups excluding carboxylic acids is 3. The van der Waals surface area contributed by atoms with E-state index in [-0.39, 0.29) is 18.7 Å². The highest BCUT2D eigenvalue weighted by Gasteiger charge is 2.34. The van der Waals surface area contributed by atoms with Crippen molar-refractivity contribution in [3.8, 4) is 0 Å². The van der Waals surface area contributed by atoms with Crippen molar-refractivity contribution in [1.82, 2.24) is 4.90 Å². The summed E-state index contributed by atoms with van der Waals surface area (Å²) in [4.78, 5) is 37.5. The molecule has 0 saturated carbocycles. The minimum absolute atomic E-state index is 0.0662. The van der Waals surface area contributed by atoms with Crippen LogP contribution in [0.1, 0.15) is 32.8 Å². The van der Waals surface area contributed by atoms with Crippen molar-refractivity contribution in [2.75, 3.05) is 6.54 Å². The number of hydrogen-bond acceptors (Lipinski definition) is 5.